The molecule has 1 heterocycles. The van der Waals surface area contributed by atoms with Crippen LogP contribution in [0.15, 0.2) is 23.1 Å². The second-order valence-electron chi connectivity index (χ2n) is 3.11. The predicted molar refractivity (Wildman–Crippen MR) is 54.7 cm³/mol. The first kappa shape index (κ1) is 11.4. The summed E-state index contributed by atoms with van der Waals surface area (Å²) in [5.41, 5.74) is 1.93. The molecule has 1 aromatic heterocycles. The molecule has 1 rings (SSSR count). The third-order valence-electron chi connectivity index (χ3n) is 1.97. The smallest absolute Gasteiger partial charge is 0.266 e. The molecule has 1 aromatic rings. The van der Waals surface area contributed by atoms with Gasteiger partial charge in [-0.25, -0.2) is 10.5 Å². The summed E-state index contributed by atoms with van der Waals surface area (Å²) in [7, 11) is 0. The molecular weight excluding hydrogens is 196 g/mol. The molecule has 6 nitrogen and oxygen atoms in total. The number of carbonyl (C=O) groups excluding carboxylic acids is 1. The summed E-state index contributed by atoms with van der Waals surface area (Å²) in [5.74, 6) is 4.73. The Bertz CT molecular complexity index is 374. The number of nitrogens with zero attached hydrogens (tertiary/aromatic N) is 2. The van der Waals surface area contributed by atoms with Gasteiger partial charge >= 0.3 is 0 Å². The van der Waals surface area contributed by atoms with Crippen LogP contribution in [0.5, 0.6) is 0 Å². The number of nitrogens with one attached hydrogen (secondary N) is 1. The van der Waals surface area contributed by atoms with Gasteiger partial charge in [-0.15, -0.1) is 0 Å². The normalized spacial score (nSPS) is 9.93. The van der Waals surface area contributed by atoms with Crippen molar-refractivity contribution in [1.82, 2.24) is 15.2 Å². The summed E-state index contributed by atoms with van der Waals surface area (Å²) in [6.45, 7) is 0.525. The summed E-state index contributed by atoms with van der Waals surface area (Å²) in [5, 5.41) is 3.89. The minimum absolute atomic E-state index is 0.124. The molecule has 0 fully saturated rings. The van der Waals surface area contributed by atoms with Gasteiger partial charge in [0, 0.05) is 25.2 Å². The fourth-order valence-electron chi connectivity index (χ4n) is 1.17. The van der Waals surface area contributed by atoms with Gasteiger partial charge in [0.25, 0.3) is 5.56 Å². The van der Waals surface area contributed by atoms with Crippen molar-refractivity contribution < 1.29 is 4.79 Å². The molecule has 1 amide bonds. The third kappa shape index (κ3) is 3.90. The van der Waals surface area contributed by atoms with E-state index in [2.05, 4.69) is 10.5 Å². The third-order valence-corrected chi connectivity index (χ3v) is 1.97. The number of aryl methyl sites for hydroxylation is 1. The van der Waals surface area contributed by atoms with Gasteiger partial charge in [0.15, 0.2) is 0 Å². The first-order valence-electron chi connectivity index (χ1n) is 4.75. The first-order valence-corrected chi connectivity index (χ1v) is 4.75. The second-order valence-corrected chi connectivity index (χ2v) is 3.11. The van der Waals surface area contributed by atoms with Crippen LogP contribution >= 0.6 is 0 Å². The Balaban J connectivity index is 2.29. The van der Waals surface area contributed by atoms with Crippen LogP contribution in [0.4, 0.5) is 0 Å². The zero-order valence-electron chi connectivity index (χ0n) is 8.35. The van der Waals surface area contributed by atoms with E-state index in [1.165, 1.54) is 10.7 Å². The molecule has 82 valence electrons. The van der Waals surface area contributed by atoms with Gasteiger partial charge in [-0.05, 0) is 18.9 Å². The van der Waals surface area contributed by atoms with E-state index in [0.717, 1.165) is 6.42 Å². The highest BCUT2D eigenvalue weighted by Crippen LogP contribution is 1.96. The number of amides is 1. The Morgan fingerprint density at radius 1 is 1.53 bits per heavy atom. The van der Waals surface area contributed by atoms with Crippen LogP contribution in [0.2, 0.25) is 0 Å². The Kier molecular flexibility index (Phi) is 4.49. The Morgan fingerprint density at radius 2 is 2.33 bits per heavy atom. The molecule has 15 heavy (non-hydrogen) atoms. The molecule has 0 unspecified atom stereocenters. The second kappa shape index (κ2) is 5.92. The molecule has 0 aromatic carbocycles. The molecule has 0 aliphatic carbocycles. The molecule has 3 N–H and O–H groups in total. The van der Waals surface area contributed by atoms with Crippen molar-refractivity contribution in [2.45, 2.75) is 25.8 Å². The topological polar surface area (TPSA) is 90.0 Å². The maximum Gasteiger partial charge on any atom is 0.266 e. The Hall–Kier alpha value is -1.69. The summed E-state index contributed by atoms with van der Waals surface area (Å²) >= 11 is 0. The zero-order valence-corrected chi connectivity index (χ0v) is 8.35. The van der Waals surface area contributed by atoms with Crippen LogP contribution in [-0.4, -0.2) is 15.7 Å². The van der Waals surface area contributed by atoms with Crippen molar-refractivity contribution in [3.8, 4) is 0 Å². The van der Waals surface area contributed by atoms with Crippen LogP contribution in [0.3, 0.4) is 0 Å². The number of rotatable bonds is 5. The lowest BCUT2D eigenvalue weighted by Gasteiger charge is -2.02. The first-order chi connectivity index (χ1) is 7.24. The maximum atomic E-state index is 11.2. The number of carbonyl (C=O) groups is 1. The number of unbranched alkanes of at least 4 members (excludes halogenated alkanes) is 1. The monoisotopic (exact) mass is 210 g/mol. The van der Waals surface area contributed by atoms with Gasteiger partial charge in [0.1, 0.15) is 0 Å². The van der Waals surface area contributed by atoms with Gasteiger partial charge in [0.05, 0.1) is 0 Å². The Morgan fingerprint density at radius 3 is 3.00 bits per heavy atom. The number of hydrazine groups is 1. The predicted octanol–water partition coefficient (Wildman–Crippen LogP) is -0.597. The molecule has 0 aliphatic rings. The Labute approximate surface area is 87.1 Å². The van der Waals surface area contributed by atoms with E-state index < -0.39 is 0 Å². The lowest BCUT2D eigenvalue weighted by molar-refractivity contribution is -0.121. The molecule has 0 aliphatic heterocycles. The van der Waals surface area contributed by atoms with Gasteiger partial charge in [-0.1, -0.05) is 0 Å². The average Bonchev–Trinajstić information content (AvgIpc) is 2.26. The van der Waals surface area contributed by atoms with Crippen LogP contribution in [0.25, 0.3) is 0 Å². The molecule has 0 atom stereocenters. The van der Waals surface area contributed by atoms with Gasteiger partial charge in [0.2, 0.25) is 5.91 Å². The molecule has 0 radical (unpaired) electrons. The molecule has 0 saturated heterocycles. The number of hydrogen-bond donors (Lipinski definition) is 2. The number of nitrogens with two attached hydrogens (primary N) is 1. The van der Waals surface area contributed by atoms with Gasteiger partial charge < -0.3 is 0 Å². The summed E-state index contributed by atoms with van der Waals surface area (Å²) in [6.07, 6.45) is 3.35. The highest BCUT2D eigenvalue weighted by atomic mass is 16.2. The van der Waals surface area contributed by atoms with Crippen LogP contribution in [0, 0.1) is 0 Å². The highest BCUT2D eigenvalue weighted by molar-refractivity contribution is 5.74. The quantitative estimate of drug-likeness (QED) is 0.294. The number of aromatic nitrogens is 2. The van der Waals surface area contributed by atoms with E-state index in [0.29, 0.717) is 19.4 Å². The molecule has 6 heteroatoms. The molecule has 0 saturated carbocycles. The minimum atomic E-state index is -0.191. The zero-order chi connectivity index (χ0) is 11.1. The van der Waals surface area contributed by atoms with E-state index >= 15 is 0 Å². The number of hydrogen-bond acceptors (Lipinski definition) is 4. The van der Waals surface area contributed by atoms with Crippen molar-refractivity contribution in [2.75, 3.05) is 0 Å². The molecule has 0 bridgehead atoms. The lowest BCUT2D eigenvalue weighted by atomic mass is 10.2. The van der Waals surface area contributed by atoms with E-state index in [1.54, 1.807) is 12.3 Å². The van der Waals surface area contributed by atoms with Crippen LogP contribution < -0.4 is 16.8 Å². The van der Waals surface area contributed by atoms with E-state index in [-0.39, 0.29) is 11.5 Å². The summed E-state index contributed by atoms with van der Waals surface area (Å²) in [6, 6.07) is 3.06. The standard InChI is InChI=1S/C9H14N4O2/c10-12-8(14)4-1-2-7-13-9(15)5-3-6-11-13/h3,5-6H,1-2,4,7,10H2,(H,12,14). The van der Waals surface area contributed by atoms with Crippen molar-refractivity contribution in [2.24, 2.45) is 5.84 Å². The lowest BCUT2D eigenvalue weighted by Crippen LogP contribution is -2.29. The molecular formula is C9H14N4O2. The van der Waals surface area contributed by atoms with E-state index in [9.17, 15) is 9.59 Å². The van der Waals surface area contributed by atoms with Crippen molar-refractivity contribution in [1.29, 1.82) is 0 Å². The fraction of sp³-hybridized carbons (Fsp3) is 0.444. The minimum Gasteiger partial charge on any atom is -0.294 e. The maximum absolute atomic E-state index is 11.2. The van der Waals surface area contributed by atoms with Crippen molar-refractivity contribution in [3.63, 3.8) is 0 Å². The fourth-order valence-corrected chi connectivity index (χ4v) is 1.17. The summed E-state index contributed by atoms with van der Waals surface area (Å²) < 4.78 is 1.38. The highest BCUT2D eigenvalue weighted by Gasteiger charge is 1.99. The van der Waals surface area contributed by atoms with Crippen molar-refractivity contribution >= 4 is 5.91 Å². The average molecular weight is 210 g/mol. The largest absolute Gasteiger partial charge is 0.294 e. The van der Waals surface area contributed by atoms with Gasteiger partial charge in [-0.2, -0.15) is 5.10 Å². The van der Waals surface area contributed by atoms with Gasteiger partial charge in [-0.3, -0.25) is 15.0 Å². The molecule has 0 spiro atoms. The summed E-state index contributed by atoms with van der Waals surface area (Å²) in [4.78, 5) is 22.0. The SMILES string of the molecule is NNC(=O)CCCCn1ncccc1=O. The van der Waals surface area contributed by atoms with Crippen molar-refractivity contribution in [3.05, 3.63) is 28.7 Å². The van der Waals surface area contributed by atoms with E-state index in [1.807, 2.05) is 0 Å². The van der Waals surface area contributed by atoms with E-state index in [4.69, 9.17) is 5.84 Å². The van der Waals surface area contributed by atoms with Crippen LogP contribution in [0.1, 0.15) is 19.3 Å². The van der Waals surface area contributed by atoms with Crippen LogP contribution in [-0.2, 0) is 11.3 Å².